The van der Waals surface area contributed by atoms with Crippen molar-refractivity contribution in [2.24, 2.45) is 0 Å². The van der Waals surface area contributed by atoms with E-state index in [-0.39, 0.29) is 36.1 Å². The van der Waals surface area contributed by atoms with E-state index in [0.29, 0.717) is 34.0 Å². The molecular weight excluding hydrogens is 559 g/mol. The van der Waals surface area contributed by atoms with Gasteiger partial charge in [-0.15, -0.1) is 0 Å². The highest BCUT2D eigenvalue weighted by atomic mass is 35.5. The number of aromatic amines is 1. The van der Waals surface area contributed by atoms with E-state index in [0.717, 1.165) is 18.5 Å². The summed E-state index contributed by atoms with van der Waals surface area (Å²) in [6, 6.07) is 21.3. The number of aromatic nitrogens is 2. The molecule has 5 rings (SSSR count). The van der Waals surface area contributed by atoms with Crippen molar-refractivity contribution in [1.29, 1.82) is 0 Å². The summed E-state index contributed by atoms with van der Waals surface area (Å²) in [6.45, 7) is 5.76. The number of esters is 1. The zero-order chi connectivity index (χ0) is 29.0. The lowest BCUT2D eigenvalue weighted by Crippen LogP contribution is -2.28. The van der Waals surface area contributed by atoms with E-state index in [1.165, 1.54) is 5.56 Å². The second kappa shape index (κ2) is 12.7. The second-order valence-electron chi connectivity index (χ2n) is 10.3. The molecule has 0 bridgehead atoms. The predicted octanol–water partition coefficient (Wildman–Crippen LogP) is 7.56. The highest BCUT2D eigenvalue weighted by Crippen LogP contribution is 2.54. The Morgan fingerprint density at radius 2 is 1.85 bits per heavy atom. The number of H-pyrrole nitrogens is 1. The van der Waals surface area contributed by atoms with Crippen LogP contribution in [0.15, 0.2) is 72.9 Å². The monoisotopic (exact) mass is 592 g/mol. The van der Waals surface area contributed by atoms with E-state index in [4.69, 9.17) is 25.4 Å². The van der Waals surface area contributed by atoms with Crippen LogP contribution in [0.2, 0.25) is 5.02 Å². The number of carbonyl (C=O) groups excluding carboxylic acids is 1. The summed E-state index contributed by atoms with van der Waals surface area (Å²) in [5.41, 5.74) is 4.22. The van der Waals surface area contributed by atoms with Crippen molar-refractivity contribution < 1.29 is 23.1 Å². The molecule has 1 aliphatic heterocycles. The summed E-state index contributed by atoms with van der Waals surface area (Å²) in [5.74, 6) is -0.626. The van der Waals surface area contributed by atoms with Crippen molar-refractivity contribution in [1.82, 2.24) is 9.97 Å². The van der Waals surface area contributed by atoms with Crippen LogP contribution in [-0.4, -0.2) is 35.3 Å². The van der Waals surface area contributed by atoms with Crippen molar-refractivity contribution in [3.63, 3.8) is 0 Å². The molecule has 2 aromatic carbocycles. The molecule has 3 unspecified atom stereocenters. The number of halogens is 1. The van der Waals surface area contributed by atoms with Gasteiger partial charge in [0.05, 0.1) is 41.6 Å². The molecule has 2 aromatic heterocycles. The summed E-state index contributed by atoms with van der Waals surface area (Å²) in [6.07, 6.45) is 3.81. The van der Waals surface area contributed by atoms with Gasteiger partial charge in [-0.2, -0.15) is 0 Å². The van der Waals surface area contributed by atoms with Crippen LogP contribution < -0.4 is 5.30 Å². The lowest BCUT2D eigenvalue weighted by atomic mass is 9.96. The lowest BCUT2D eigenvalue weighted by Gasteiger charge is -2.31. The summed E-state index contributed by atoms with van der Waals surface area (Å²) in [5, 5.41) is 0.649. The van der Waals surface area contributed by atoms with E-state index in [2.05, 4.69) is 22.1 Å². The number of benzene rings is 2. The zero-order valence-corrected chi connectivity index (χ0v) is 25.1. The maximum Gasteiger partial charge on any atom is 0.364 e. The fraction of sp³-hybridized carbons (Fsp3) is 0.312. The van der Waals surface area contributed by atoms with Gasteiger partial charge in [-0.05, 0) is 63.8 Å². The average molecular weight is 593 g/mol. The molecule has 1 aliphatic rings. The topological polar surface area (TPSA) is 90.5 Å². The molecule has 0 aliphatic carbocycles. The minimum atomic E-state index is -3.83. The van der Waals surface area contributed by atoms with Gasteiger partial charge in [-0.25, -0.2) is 4.79 Å². The van der Waals surface area contributed by atoms with E-state index in [1.54, 1.807) is 32.0 Å². The van der Waals surface area contributed by atoms with Gasteiger partial charge in [0, 0.05) is 34.0 Å². The third kappa shape index (κ3) is 6.49. The van der Waals surface area contributed by atoms with Crippen LogP contribution >= 0.6 is 19.2 Å². The van der Waals surface area contributed by atoms with Gasteiger partial charge in [-0.1, -0.05) is 60.1 Å². The number of nitrogens with zero attached hydrogens (tertiary/aromatic N) is 1. The highest BCUT2D eigenvalue weighted by molar-refractivity contribution is 7.62. The van der Waals surface area contributed by atoms with Crippen molar-refractivity contribution in [3.05, 3.63) is 106 Å². The number of carbonyl (C=O) groups is 1. The van der Waals surface area contributed by atoms with Crippen LogP contribution in [-0.2, 0) is 24.8 Å². The Kier molecular flexibility index (Phi) is 9.10. The molecule has 7 nitrogen and oxygen atoms in total. The minimum absolute atomic E-state index is 0.0553. The Balaban J connectivity index is 1.52. The molecule has 0 saturated carbocycles. The number of ether oxygens (including phenoxy) is 1. The average Bonchev–Trinajstić information content (AvgIpc) is 3.48. The lowest BCUT2D eigenvalue weighted by molar-refractivity contribution is 0.0474. The molecule has 1 saturated heterocycles. The van der Waals surface area contributed by atoms with Crippen LogP contribution in [0.25, 0.3) is 11.1 Å². The highest BCUT2D eigenvalue weighted by Gasteiger charge is 2.41. The fourth-order valence-electron chi connectivity index (χ4n) is 5.29. The fourth-order valence-corrected chi connectivity index (χ4v) is 7.69. The normalized spacial score (nSPS) is 19.6. The molecule has 9 heteroatoms. The van der Waals surface area contributed by atoms with Crippen LogP contribution in [0.1, 0.15) is 58.7 Å². The summed E-state index contributed by atoms with van der Waals surface area (Å²) >= 11 is 6.67. The SMILES string of the molecule is Cc1nc(C)c(P2(=O)OCCC(C)O2)c(-c2ccccc2Cl)c1C(=O)OCC(CCc1ccccc1)c1ccc[nH]1. The van der Waals surface area contributed by atoms with Gasteiger partial charge in [0.25, 0.3) is 0 Å². The van der Waals surface area contributed by atoms with Crippen LogP contribution in [0.5, 0.6) is 0 Å². The Morgan fingerprint density at radius 3 is 2.56 bits per heavy atom. The first kappa shape index (κ1) is 29.3. The van der Waals surface area contributed by atoms with Gasteiger partial charge >= 0.3 is 13.6 Å². The first-order valence-electron chi connectivity index (χ1n) is 13.8. The van der Waals surface area contributed by atoms with Gasteiger partial charge in [-0.3, -0.25) is 9.55 Å². The van der Waals surface area contributed by atoms with Crippen LogP contribution in [0.4, 0.5) is 0 Å². The molecule has 0 radical (unpaired) electrons. The van der Waals surface area contributed by atoms with E-state index < -0.39 is 13.6 Å². The number of hydrogen-bond donors (Lipinski definition) is 1. The molecule has 1 fully saturated rings. The predicted molar refractivity (Wildman–Crippen MR) is 161 cm³/mol. The Labute approximate surface area is 245 Å². The quantitative estimate of drug-likeness (QED) is 0.159. The van der Waals surface area contributed by atoms with Crippen molar-refractivity contribution >= 4 is 30.5 Å². The van der Waals surface area contributed by atoms with Gasteiger partial charge < -0.3 is 18.8 Å². The molecule has 41 heavy (non-hydrogen) atoms. The summed E-state index contributed by atoms with van der Waals surface area (Å²) in [7, 11) is -3.83. The van der Waals surface area contributed by atoms with Gasteiger partial charge in [0.1, 0.15) is 0 Å². The smallest absolute Gasteiger partial charge is 0.364 e. The molecular formula is C32H34ClN2O5P. The Hall–Kier alpha value is -3.22. The van der Waals surface area contributed by atoms with E-state index >= 15 is 0 Å². The number of nitrogens with one attached hydrogen (secondary N) is 1. The number of rotatable bonds is 9. The Morgan fingerprint density at radius 1 is 1.10 bits per heavy atom. The third-order valence-corrected chi connectivity index (χ3v) is 9.94. The van der Waals surface area contributed by atoms with Crippen molar-refractivity contribution in [2.45, 2.75) is 52.1 Å². The first-order valence-corrected chi connectivity index (χ1v) is 15.7. The summed E-state index contributed by atoms with van der Waals surface area (Å²) in [4.78, 5) is 21.8. The standard InChI is InChI=1S/C32H34ClN2O5P/c1-21-17-19-39-41(37,40-21)31-23(3)35-22(2)29(30(31)26-12-7-8-13-27(26)33)32(36)38-20-25(28-14-9-18-34-28)16-15-24-10-5-4-6-11-24/h4-14,18,21,25,34H,15-17,19-20H2,1-3H3. The first-order chi connectivity index (χ1) is 19.8. The van der Waals surface area contributed by atoms with Crippen LogP contribution in [0.3, 0.4) is 0 Å². The number of hydrogen-bond acceptors (Lipinski definition) is 6. The van der Waals surface area contributed by atoms with Crippen LogP contribution in [0, 0.1) is 13.8 Å². The van der Waals surface area contributed by atoms with Gasteiger partial charge in [0.15, 0.2) is 0 Å². The molecule has 0 spiro atoms. The molecule has 3 atom stereocenters. The molecule has 3 heterocycles. The number of pyridine rings is 1. The molecule has 0 amide bonds. The maximum absolute atomic E-state index is 14.2. The van der Waals surface area contributed by atoms with Gasteiger partial charge in [0.2, 0.25) is 0 Å². The zero-order valence-electron chi connectivity index (χ0n) is 23.4. The minimum Gasteiger partial charge on any atom is -0.461 e. The number of aryl methyl sites for hydroxylation is 3. The summed E-state index contributed by atoms with van der Waals surface area (Å²) < 4.78 is 32.0. The molecule has 1 N–H and O–H groups in total. The Bertz CT molecular complexity index is 1560. The van der Waals surface area contributed by atoms with Crippen molar-refractivity contribution in [2.75, 3.05) is 13.2 Å². The van der Waals surface area contributed by atoms with E-state index in [9.17, 15) is 9.36 Å². The molecule has 4 aromatic rings. The largest absolute Gasteiger partial charge is 0.461 e. The second-order valence-corrected chi connectivity index (χ2v) is 12.7. The molecule has 214 valence electrons. The van der Waals surface area contributed by atoms with E-state index in [1.807, 2.05) is 49.5 Å². The maximum atomic E-state index is 14.2. The van der Waals surface area contributed by atoms with Crippen molar-refractivity contribution in [3.8, 4) is 11.1 Å². The third-order valence-electron chi connectivity index (χ3n) is 7.35.